The minimum Gasteiger partial charge on any atom is -0.383 e. The van der Waals surface area contributed by atoms with Crippen molar-refractivity contribution in [3.63, 3.8) is 0 Å². The summed E-state index contributed by atoms with van der Waals surface area (Å²) in [7, 11) is 1.69. The lowest BCUT2D eigenvalue weighted by molar-refractivity contribution is -0.137. The zero-order valence-electron chi connectivity index (χ0n) is 14.6. The Bertz CT molecular complexity index is 303. The number of methoxy groups -OCH3 is 1. The van der Waals surface area contributed by atoms with Crippen molar-refractivity contribution in [1.82, 2.24) is 4.90 Å². The molecule has 0 unspecified atom stereocenters. The van der Waals surface area contributed by atoms with E-state index < -0.39 is 0 Å². The normalized spacial score (nSPS) is 17.1. The largest absolute Gasteiger partial charge is 0.383 e. The summed E-state index contributed by atoms with van der Waals surface area (Å²) in [6, 6.07) is 0.325. The fourth-order valence-electron chi connectivity index (χ4n) is 3.61. The van der Waals surface area contributed by atoms with Gasteiger partial charge in [-0.25, -0.2) is 0 Å². The first-order valence-electron chi connectivity index (χ1n) is 8.61. The number of hydrogen-bond donors (Lipinski definition) is 1. The number of ether oxygens (including phenoxy) is 1. The van der Waals surface area contributed by atoms with Crippen LogP contribution in [0.15, 0.2) is 0 Å². The van der Waals surface area contributed by atoms with Crippen molar-refractivity contribution in [1.29, 1.82) is 0 Å². The molecule has 132 valence electrons. The van der Waals surface area contributed by atoms with Crippen LogP contribution < -0.4 is 5.73 Å². The molecule has 1 aliphatic rings. The SMILES string of the molecule is CCC(CC)N(CCOC)C(=O)CC1(CN)CCCCC1.Cl. The molecule has 0 atom stereocenters. The number of carbonyl (C=O) groups excluding carboxylic acids is 1. The number of nitrogens with zero attached hydrogens (tertiary/aromatic N) is 1. The fourth-order valence-corrected chi connectivity index (χ4v) is 3.61. The topological polar surface area (TPSA) is 55.6 Å². The zero-order chi connectivity index (χ0) is 15.7. The molecule has 2 N–H and O–H groups in total. The molecule has 0 bridgehead atoms. The molecule has 1 saturated carbocycles. The van der Waals surface area contributed by atoms with Crippen LogP contribution in [-0.2, 0) is 9.53 Å². The van der Waals surface area contributed by atoms with Gasteiger partial charge in [0, 0.05) is 26.1 Å². The minimum atomic E-state index is 0. The van der Waals surface area contributed by atoms with Gasteiger partial charge in [-0.1, -0.05) is 33.1 Å². The second-order valence-corrected chi connectivity index (χ2v) is 6.49. The Morgan fingerprint density at radius 1 is 1.23 bits per heavy atom. The smallest absolute Gasteiger partial charge is 0.223 e. The second kappa shape index (κ2) is 11.3. The van der Waals surface area contributed by atoms with E-state index in [0.717, 1.165) is 25.7 Å². The van der Waals surface area contributed by atoms with Gasteiger partial charge in [0.2, 0.25) is 5.91 Å². The number of nitrogens with two attached hydrogens (primary N) is 1. The van der Waals surface area contributed by atoms with E-state index in [0.29, 0.717) is 32.2 Å². The van der Waals surface area contributed by atoms with Crippen LogP contribution in [0.25, 0.3) is 0 Å². The first-order chi connectivity index (χ1) is 10.1. The van der Waals surface area contributed by atoms with Gasteiger partial charge in [-0.05, 0) is 37.6 Å². The predicted octanol–water partition coefficient (Wildman–Crippen LogP) is 3.37. The molecule has 0 saturated heterocycles. The highest BCUT2D eigenvalue weighted by Gasteiger charge is 2.35. The lowest BCUT2D eigenvalue weighted by atomic mass is 9.71. The number of carbonyl (C=O) groups is 1. The molecule has 0 aromatic carbocycles. The summed E-state index contributed by atoms with van der Waals surface area (Å²) < 4.78 is 5.18. The van der Waals surface area contributed by atoms with Crippen molar-refractivity contribution < 1.29 is 9.53 Å². The second-order valence-electron chi connectivity index (χ2n) is 6.49. The van der Waals surface area contributed by atoms with Crippen molar-refractivity contribution in [2.45, 2.75) is 71.3 Å². The summed E-state index contributed by atoms with van der Waals surface area (Å²) in [6.07, 6.45) is 8.55. The van der Waals surface area contributed by atoms with Crippen LogP contribution in [0.4, 0.5) is 0 Å². The van der Waals surface area contributed by atoms with Crippen molar-refractivity contribution in [3.05, 3.63) is 0 Å². The van der Waals surface area contributed by atoms with E-state index in [-0.39, 0.29) is 23.7 Å². The summed E-state index contributed by atoms with van der Waals surface area (Å²) in [5.41, 5.74) is 6.08. The van der Waals surface area contributed by atoms with Crippen molar-refractivity contribution in [2.24, 2.45) is 11.1 Å². The lowest BCUT2D eigenvalue weighted by Gasteiger charge is -2.39. The highest BCUT2D eigenvalue weighted by atomic mass is 35.5. The third-order valence-electron chi connectivity index (χ3n) is 5.11. The molecule has 22 heavy (non-hydrogen) atoms. The third-order valence-corrected chi connectivity index (χ3v) is 5.11. The Labute approximate surface area is 142 Å². The molecule has 1 rings (SSSR count). The molecule has 0 radical (unpaired) electrons. The maximum atomic E-state index is 12.9. The van der Waals surface area contributed by atoms with Gasteiger partial charge in [-0.2, -0.15) is 0 Å². The van der Waals surface area contributed by atoms with Crippen LogP contribution in [0.3, 0.4) is 0 Å². The molecule has 4 nitrogen and oxygen atoms in total. The number of rotatable bonds is 9. The Balaban J connectivity index is 0.00000441. The van der Waals surface area contributed by atoms with Crippen LogP contribution in [0, 0.1) is 5.41 Å². The van der Waals surface area contributed by atoms with E-state index in [1.807, 2.05) is 4.90 Å². The van der Waals surface area contributed by atoms with Crippen molar-refractivity contribution in [2.75, 3.05) is 26.8 Å². The van der Waals surface area contributed by atoms with Crippen LogP contribution in [0.5, 0.6) is 0 Å². The molecule has 1 aliphatic carbocycles. The number of amides is 1. The summed E-state index contributed by atoms with van der Waals surface area (Å²) in [6.45, 7) is 6.25. The third kappa shape index (κ3) is 6.05. The van der Waals surface area contributed by atoms with Gasteiger partial charge in [0.05, 0.1) is 6.61 Å². The molecular weight excluding hydrogens is 300 g/mol. The zero-order valence-corrected chi connectivity index (χ0v) is 15.4. The van der Waals surface area contributed by atoms with Gasteiger partial charge in [0.1, 0.15) is 0 Å². The van der Waals surface area contributed by atoms with Gasteiger partial charge >= 0.3 is 0 Å². The Morgan fingerprint density at radius 2 is 1.82 bits per heavy atom. The van der Waals surface area contributed by atoms with Crippen LogP contribution in [0.1, 0.15) is 65.2 Å². The van der Waals surface area contributed by atoms with Gasteiger partial charge in [-0.3, -0.25) is 4.79 Å². The van der Waals surface area contributed by atoms with Gasteiger partial charge < -0.3 is 15.4 Å². The van der Waals surface area contributed by atoms with E-state index in [4.69, 9.17) is 10.5 Å². The first kappa shape index (κ1) is 21.7. The molecule has 0 aliphatic heterocycles. The van der Waals surface area contributed by atoms with Crippen LogP contribution in [0.2, 0.25) is 0 Å². The predicted molar refractivity (Wildman–Crippen MR) is 94.4 cm³/mol. The summed E-state index contributed by atoms with van der Waals surface area (Å²) in [4.78, 5) is 14.9. The van der Waals surface area contributed by atoms with E-state index in [9.17, 15) is 4.79 Å². The van der Waals surface area contributed by atoms with E-state index in [1.165, 1.54) is 19.3 Å². The van der Waals surface area contributed by atoms with Gasteiger partial charge in [0.25, 0.3) is 0 Å². The van der Waals surface area contributed by atoms with Gasteiger partial charge in [0.15, 0.2) is 0 Å². The van der Waals surface area contributed by atoms with Crippen LogP contribution in [-0.4, -0.2) is 43.7 Å². The van der Waals surface area contributed by atoms with E-state index in [1.54, 1.807) is 7.11 Å². The molecule has 0 heterocycles. The average Bonchev–Trinajstić information content (AvgIpc) is 2.52. The number of hydrogen-bond acceptors (Lipinski definition) is 3. The minimum absolute atomic E-state index is 0. The summed E-state index contributed by atoms with van der Waals surface area (Å²) >= 11 is 0. The molecular formula is C17H35ClN2O2. The molecule has 0 aromatic heterocycles. The summed E-state index contributed by atoms with van der Waals surface area (Å²) in [5.74, 6) is 0.271. The highest BCUT2D eigenvalue weighted by molar-refractivity contribution is 5.85. The van der Waals surface area contributed by atoms with E-state index >= 15 is 0 Å². The molecule has 1 fully saturated rings. The molecule has 1 amide bonds. The standard InChI is InChI=1S/C17H34N2O2.ClH/c1-4-15(5-2)19(11-12-21-3)16(20)13-17(14-18)9-7-6-8-10-17;/h15H,4-14,18H2,1-3H3;1H. The van der Waals surface area contributed by atoms with Crippen molar-refractivity contribution in [3.8, 4) is 0 Å². The number of halogens is 1. The van der Waals surface area contributed by atoms with Gasteiger partial charge in [-0.15, -0.1) is 12.4 Å². The van der Waals surface area contributed by atoms with Crippen LogP contribution >= 0.6 is 12.4 Å². The monoisotopic (exact) mass is 334 g/mol. The molecule has 0 aromatic rings. The first-order valence-corrected chi connectivity index (χ1v) is 8.61. The fraction of sp³-hybridized carbons (Fsp3) is 0.941. The molecule has 5 heteroatoms. The maximum Gasteiger partial charge on any atom is 0.223 e. The highest BCUT2D eigenvalue weighted by Crippen LogP contribution is 2.39. The maximum absolute atomic E-state index is 12.9. The quantitative estimate of drug-likeness (QED) is 0.703. The average molecular weight is 335 g/mol. The Kier molecular flexibility index (Phi) is 11.1. The Hall–Kier alpha value is -0.320. The Morgan fingerprint density at radius 3 is 2.27 bits per heavy atom. The summed E-state index contributed by atoms with van der Waals surface area (Å²) in [5, 5.41) is 0. The molecule has 0 spiro atoms. The van der Waals surface area contributed by atoms with E-state index in [2.05, 4.69) is 13.8 Å². The lowest BCUT2D eigenvalue weighted by Crippen LogP contribution is -2.45. The van der Waals surface area contributed by atoms with Crippen molar-refractivity contribution >= 4 is 18.3 Å².